The van der Waals surface area contributed by atoms with Gasteiger partial charge < -0.3 is 5.73 Å². The second-order valence-electron chi connectivity index (χ2n) is 4.72. The average Bonchev–Trinajstić information content (AvgIpc) is 2.88. The van der Waals surface area contributed by atoms with E-state index in [1.807, 2.05) is 47.0 Å². The molecule has 8 heteroatoms. The maximum atomic E-state index is 11.5. The molecule has 0 atom stereocenters. The summed E-state index contributed by atoms with van der Waals surface area (Å²) in [4.78, 5) is 22.2. The number of carbonyl (C=O) groups is 2. The first-order valence-corrected chi connectivity index (χ1v) is 7.50. The molecule has 2 heterocycles. The summed E-state index contributed by atoms with van der Waals surface area (Å²) in [6.07, 6.45) is 0. The molecule has 0 fully saturated rings. The number of nitrogens with one attached hydrogen (secondary N) is 1. The standard InChI is InChI=1S/C14H13N5O2S/c1-8-6-11-17-18-14(22-7-12(20)16-13(15)21)19(11)10-5-3-2-4-9(8)10/h2-6H,7H2,1H3,(H3,15,16,20,21). The quantitative estimate of drug-likeness (QED) is 0.713. The molecule has 0 radical (unpaired) electrons. The Morgan fingerprint density at radius 3 is 2.86 bits per heavy atom. The van der Waals surface area contributed by atoms with Crippen LogP contribution in [-0.4, -0.2) is 32.3 Å². The van der Waals surface area contributed by atoms with Gasteiger partial charge in [0.05, 0.1) is 11.3 Å². The predicted octanol–water partition coefficient (Wildman–Crippen LogP) is 1.48. The van der Waals surface area contributed by atoms with E-state index < -0.39 is 11.9 Å². The molecule has 3 amide bonds. The van der Waals surface area contributed by atoms with Crippen molar-refractivity contribution in [3.05, 3.63) is 35.9 Å². The van der Waals surface area contributed by atoms with Crippen LogP contribution in [0.3, 0.4) is 0 Å². The van der Waals surface area contributed by atoms with Crippen LogP contribution in [0.1, 0.15) is 5.56 Å². The average molecular weight is 315 g/mol. The Balaban J connectivity index is 1.99. The minimum Gasteiger partial charge on any atom is -0.351 e. The van der Waals surface area contributed by atoms with Gasteiger partial charge in [0, 0.05) is 5.39 Å². The number of rotatable bonds is 3. The number of thioether (sulfide) groups is 1. The molecule has 3 aromatic rings. The number of primary amides is 1. The third-order valence-corrected chi connectivity index (χ3v) is 4.10. The molecule has 112 valence electrons. The fourth-order valence-corrected chi connectivity index (χ4v) is 3.02. The molecule has 0 spiro atoms. The normalized spacial score (nSPS) is 11.0. The van der Waals surface area contributed by atoms with Gasteiger partial charge in [0.2, 0.25) is 5.91 Å². The van der Waals surface area contributed by atoms with Crippen LogP contribution < -0.4 is 11.1 Å². The molecule has 0 aliphatic heterocycles. The summed E-state index contributed by atoms with van der Waals surface area (Å²) in [5.74, 6) is -0.433. The van der Waals surface area contributed by atoms with Gasteiger partial charge in [-0.3, -0.25) is 14.5 Å². The number of aromatic nitrogens is 3. The molecule has 7 nitrogen and oxygen atoms in total. The third-order valence-electron chi connectivity index (χ3n) is 3.17. The van der Waals surface area contributed by atoms with Crippen molar-refractivity contribution in [1.29, 1.82) is 0 Å². The monoisotopic (exact) mass is 315 g/mol. The van der Waals surface area contributed by atoms with Crippen LogP contribution in [-0.2, 0) is 4.79 Å². The molecule has 0 bridgehead atoms. The molecule has 1 aromatic carbocycles. The second-order valence-corrected chi connectivity index (χ2v) is 5.66. The van der Waals surface area contributed by atoms with Crippen molar-refractivity contribution >= 4 is 40.3 Å². The van der Waals surface area contributed by atoms with Gasteiger partial charge in [0.1, 0.15) is 0 Å². The lowest BCUT2D eigenvalue weighted by Gasteiger charge is -2.07. The van der Waals surface area contributed by atoms with Crippen LogP contribution in [0, 0.1) is 6.92 Å². The molecule has 0 unspecified atom stereocenters. The number of pyridine rings is 1. The number of aryl methyl sites for hydroxylation is 1. The number of nitrogens with zero attached hydrogens (tertiary/aromatic N) is 3. The van der Waals surface area contributed by atoms with Crippen molar-refractivity contribution in [2.24, 2.45) is 5.73 Å². The summed E-state index contributed by atoms with van der Waals surface area (Å²) in [6, 6.07) is 9.00. The highest BCUT2D eigenvalue weighted by Crippen LogP contribution is 2.25. The van der Waals surface area contributed by atoms with Crippen LogP contribution in [0.2, 0.25) is 0 Å². The molecule has 0 saturated heterocycles. The summed E-state index contributed by atoms with van der Waals surface area (Å²) in [6.45, 7) is 2.02. The Morgan fingerprint density at radius 1 is 1.32 bits per heavy atom. The summed E-state index contributed by atoms with van der Waals surface area (Å²) in [5.41, 5.74) is 7.71. The van der Waals surface area contributed by atoms with Gasteiger partial charge in [-0.1, -0.05) is 30.0 Å². The number of hydrogen-bond donors (Lipinski definition) is 2. The highest BCUT2D eigenvalue weighted by molar-refractivity contribution is 7.99. The zero-order valence-corrected chi connectivity index (χ0v) is 12.6. The van der Waals surface area contributed by atoms with E-state index in [-0.39, 0.29) is 5.75 Å². The van der Waals surface area contributed by atoms with Crippen molar-refractivity contribution < 1.29 is 9.59 Å². The van der Waals surface area contributed by atoms with Crippen molar-refractivity contribution in [1.82, 2.24) is 19.9 Å². The number of carbonyl (C=O) groups excluding carboxylic acids is 2. The van der Waals surface area contributed by atoms with E-state index in [1.54, 1.807) is 0 Å². The van der Waals surface area contributed by atoms with E-state index in [2.05, 4.69) is 10.2 Å². The lowest BCUT2D eigenvalue weighted by molar-refractivity contribution is -0.117. The van der Waals surface area contributed by atoms with Crippen molar-refractivity contribution in [3.8, 4) is 0 Å². The van der Waals surface area contributed by atoms with E-state index in [0.29, 0.717) is 10.8 Å². The number of benzene rings is 1. The van der Waals surface area contributed by atoms with Gasteiger partial charge in [0.15, 0.2) is 10.8 Å². The maximum absolute atomic E-state index is 11.5. The van der Waals surface area contributed by atoms with Gasteiger partial charge in [-0.15, -0.1) is 10.2 Å². The predicted molar refractivity (Wildman–Crippen MR) is 83.7 cm³/mol. The number of imide groups is 1. The topological polar surface area (TPSA) is 102 Å². The molecular weight excluding hydrogens is 302 g/mol. The van der Waals surface area contributed by atoms with E-state index in [1.165, 1.54) is 11.8 Å². The first-order valence-electron chi connectivity index (χ1n) is 6.52. The molecule has 0 saturated carbocycles. The molecule has 0 aliphatic carbocycles. The van der Waals surface area contributed by atoms with Crippen LogP contribution >= 0.6 is 11.8 Å². The molecule has 3 N–H and O–H groups in total. The Morgan fingerprint density at radius 2 is 2.09 bits per heavy atom. The number of fused-ring (bicyclic) bond motifs is 3. The van der Waals surface area contributed by atoms with E-state index in [0.717, 1.165) is 16.5 Å². The Hall–Kier alpha value is -2.61. The minimum absolute atomic E-state index is 0.0337. The lowest BCUT2D eigenvalue weighted by Crippen LogP contribution is -2.36. The number of nitrogens with two attached hydrogens (primary N) is 1. The van der Waals surface area contributed by atoms with Crippen molar-refractivity contribution in [2.45, 2.75) is 12.1 Å². The first-order chi connectivity index (χ1) is 10.6. The molecular formula is C14H13N5O2S. The molecule has 3 rings (SSSR count). The van der Waals surface area contributed by atoms with Crippen molar-refractivity contribution in [2.75, 3.05) is 5.75 Å². The van der Waals surface area contributed by atoms with Gasteiger partial charge in [-0.2, -0.15) is 0 Å². The van der Waals surface area contributed by atoms with E-state index >= 15 is 0 Å². The lowest BCUT2D eigenvalue weighted by atomic mass is 10.1. The van der Waals surface area contributed by atoms with Gasteiger partial charge in [-0.05, 0) is 24.6 Å². The summed E-state index contributed by atoms with van der Waals surface area (Å²) >= 11 is 1.20. The van der Waals surface area contributed by atoms with Crippen LogP contribution in [0.15, 0.2) is 35.5 Å². The summed E-state index contributed by atoms with van der Waals surface area (Å²) in [5, 5.41) is 12.0. The van der Waals surface area contributed by atoms with Crippen molar-refractivity contribution in [3.63, 3.8) is 0 Å². The Bertz CT molecular complexity index is 889. The fraction of sp³-hybridized carbons (Fsp3) is 0.143. The third kappa shape index (κ3) is 2.60. The number of hydrogen-bond acceptors (Lipinski definition) is 5. The first kappa shape index (κ1) is 14.3. The largest absolute Gasteiger partial charge is 0.351 e. The maximum Gasteiger partial charge on any atom is 0.318 e. The molecule has 0 aliphatic rings. The fourth-order valence-electron chi connectivity index (χ4n) is 2.27. The van der Waals surface area contributed by atoms with Crippen LogP contribution in [0.25, 0.3) is 16.6 Å². The molecule has 22 heavy (non-hydrogen) atoms. The summed E-state index contributed by atoms with van der Waals surface area (Å²) < 4.78 is 1.89. The highest BCUT2D eigenvalue weighted by atomic mass is 32.2. The van der Waals surface area contributed by atoms with Gasteiger partial charge in [0.25, 0.3) is 0 Å². The Labute approximate surface area is 129 Å². The van der Waals surface area contributed by atoms with Crippen LogP contribution in [0.4, 0.5) is 4.79 Å². The SMILES string of the molecule is Cc1cc2nnc(SCC(=O)NC(N)=O)n2c2ccccc12. The highest BCUT2D eigenvalue weighted by Gasteiger charge is 2.13. The number of amides is 3. The zero-order chi connectivity index (χ0) is 15.7. The second kappa shape index (κ2) is 5.64. The van der Waals surface area contributed by atoms with Gasteiger partial charge >= 0.3 is 6.03 Å². The summed E-state index contributed by atoms with van der Waals surface area (Å²) in [7, 11) is 0. The smallest absolute Gasteiger partial charge is 0.318 e. The minimum atomic E-state index is -0.863. The number of urea groups is 1. The van der Waals surface area contributed by atoms with E-state index in [4.69, 9.17) is 5.73 Å². The number of para-hydroxylation sites is 1. The zero-order valence-electron chi connectivity index (χ0n) is 11.7. The van der Waals surface area contributed by atoms with E-state index in [9.17, 15) is 9.59 Å². The van der Waals surface area contributed by atoms with Crippen LogP contribution in [0.5, 0.6) is 0 Å². The molecule has 2 aromatic heterocycles. The Kier molecular flexibility index (Phi) is 3.68. The van der Waals surface area contributed by atoms with Gasteiger partial charge in [-0.25, -0.2) is 4.79 Å².